The van der Waals surface area contributed by atoms with Crippen LogP contribution in [0.15, 0.2) is 6.33 Å². The molecule has 1 atom stereocenters. The van der Waals surface area contributed by atoms with E-state index in [1.54, 1.807) is 0 Å². The monoisotopic (exact) mass is 234 g/mol. The predicted molar refractivity (Wildman–Crippen MR) is 46.7 cm³/mol. The summed E-state index contributed by atoms with van der Waals surface area (Å²) in [5.74, 6) is -1.60. The number of hydrogen-bond donors (Lipinski definition) is 1. The normalized spacial score (nSPS) is 20.6. The number of fused-ring (bicyclic) bond motifs is 1. The highest BCUT2D eigenvalue weighted by Gasteiger charge is 2.39. The Hall–Kier alpha value is -1.53. The molecule has 0 aromatic carbocycles. The van der Waals surface area contributed by atoms with Crippen molar-refractivity contribution in [3.8, 4) is 0 Å². The summed E-state index contributed by atoms with van der Waals surface area (Å²) in [7, 11) is 0. The van der Waals surface area contributed by atoms with Gasteiger partial charge in [0.2, 0.25) is 0 Å². The lowest BCUT2D eigenvalue weighted by molar-refractivity contribution is -0.143. The molecule has 1 aliphatic heterocycles. The fourth-order valence-electron chi connectivity index (χ4n) is 1.91. The average molecular weight is 234 g/mol. The van der Waals surface area contributed by atoms with Crippen molar-refractivity contribution >= 4 is 5.97 Å². The lowest BCUT2D eigenvalue weighted by Gasteiger charge is -2.21. The lowest BCUT2D eigenvalue weighted by atomic mass is 9.97. The second-order valence-electron chi connectivity index (χ2n) is 3.76. The van der Waals surface area contributed by atoms with Crippen LogP contribution in [-0.4, -0.2) is 20.6 Å². The Labute approximate surface area is 88.7 Å². The smallest absolute Gasteiger partial charge is 0.435 e. The predicted octanol–water partition coefficient (Wildman–Crippen LogP) is 1.55. The van der Waals surface area contributed by atoms with E-state index in [2.05, 4.69) is 4.98 Å². The minimum Gasteiger partial charge on any atom is -0.481 e. The molecule has 1 aromatic rings. The number of halogens is 3. The Balaban J connectivity index is 2.31. The minimum absolute atomic E-state index is 0.0632. The Morgan fingerprint density at radius 2 is 2.25 bits per heavy atom. The van der Waals surface area contributed by atoms with Crippen LogP contribution in [0.2, 0.25) is 0 Å². The number of rotatable bonds is 1. The lowest BCUT2D eigenvalue weighted by Crippen LogP contribution is -2.27. The van der Waals surface area contributed by atoms with E-state index in [4.69, 9.17) is 5.11 Å². The first kappa shape index (κ1) is 11.0. The van der Waals surface area contributed by atoms with Gasteiger partial charge in [0.1, 0.15) is 0 Å². The zero-order valence-electron chi connectivity index (χ0n) is 8.16. The minimum atomic E-state index is -4.46. The molecule has 0 amide bonds. The Kier molecular flexibility index (Phi) is 2.40. The summed E-state index contributed by atoms with van der Waals surface area (Å²) >= 11 is 0. The van der Waals surface area contributed by atoms with E-state index in [-0.39, 0.29) is 25.1 Å². The van der Waals surface area contributed by atoms with Crippen molar-refractivity contribution in [3.63, 3.8) is 0 Å². The molecule has 1 aromatic heterocycles. The number of imidazole rings is 1. The van der Waals surface area contributed by atoms with Gasteiger partial charge < -0.3 is 9.67 Å². The van der Waals surface area contributed by atoms with E-state index in [9.17, 15) is 18.0 Å². The van der Waals surface area contributed by atoms with Crippen molar-refractivity contribution in [2.45, 2.75) is 25.6 Å². The van der Waals surface area contributed by atoms with E-state index < -0.39 is 23.8 Å². The number of alkyl halides is 3. The summed E-state index contributed by atoms with van der Waals surface area (Å²) in [5, 5.41) is 8.77. The van der Waals surface area contributed by atoms with Gasteiger partial charge >= 0.3 is 12.1 Å². The van der Waals surface area contributed by atoms with Crippen molar-refractivity contribution in [1.29, 1.82) is 0 Å². The molecule has 2 heterocycles. The molecule has 1 aliphatic rings. The molecule has 0 spiro atoms. The number of aromatic nitrogens is 2. The van der Waals surface area contributed by atoms with Crippen LogP contribution in [0.5, 0.6) is 0 Å². The molecular formula is C9H9F3N2O2. The van der Waals surface area contributed by atoms with Crippen molar-refractivity contribution in [3.05, 3.63) is 17.7 Å². The number of carboxylic acids is 1. The van der Waals surface area contributed by atoms with Crippen molar-refractivity contribution in [2.24, 2.45) is 5.92 Å². The molecular weight excluding hydrogens is 225 g/mol. The first-order valence-electron chi connectivity index (χ1n) is 4.73. The molecule has 2 rings (SSSR count). The average Bonchev–Trinajstić information content (AvgIpc) is 2.58. The van der Waals surface area contributed by atoms with Gasteiger partial charge in [-0.25, -0.2) is 4.98 Å². The first-order chi connectivity index (χ1) is 7.39. The zero-order chi connectivity index (χ0) is 11.9. The third kappa shape index (κ3) is 1.77. The first-order valence-corrected chi connectivity index (χ1v) is 4.73. The summed E-state index contributed by atoms with van der Waals surface area (Å²) in [4.78, 5) is 14.0. The molecule has 1 unspecified atom stereocenters. The summed E-state index contributed by atoms with van der Waals surface area (Å²) in [6, 6.07) is 0. The Morgan fingerprint density at radius 1 is 1.56 bits per heavy atom. The maximum Gasteiger partial charge on any atom is 0.435 e. The second kappa shape index (κ2) is 3.50. The molecule has 16 heavy (non-hydrogen) atoms. The summed E-state index contributed by atoms with van der Waals surface area (Å²) in [6.45, 7) is 0.0632. The van der Waals surface area contributed by atoms with Crippen molar-refractivity contribution < 1.29 is 23.1 Å². The number of carbonyl (C=O) groups is 1. The highest BCUT2D eigenvalue weighted by Crippen LogP contribution is 2.33. The van der Waals surface area contributed by atoms with Gasteiger partial charge in [0.15, 0.2) is 5.69 Å². The molecule has 0 saturated carbocycles. The number of aliphatic carboxylic acids is 1. The summed E-state index contributed by atoms with van der Waals surface area (Å²) in [6.07, 6.45) is -3.07. The Morgan fingerprint density at radius 3 is 2.81 bits per heavy atom. The van der Waals surface area contributed by atoms with E-state index in [1.165, 1.54) is 4.57 Å². The number of hydrogen-bond acceptors (Lipinski definition) is 2. The quantitative estimate of drug-likeness (QED) is 0.802. The zero-order valence-corrected chi connectivity index (χ0v) is 8.16. The van der Waals surface area contributed by atoms with Crippen LogP contribution in [0.25, 0.3) is 0 Å². The largest absolute Gasteiger partial charge is 0.481 e. The van der Waals surface area contributed by atoms with Crippen LogP contribution in [-0.2, 0) is 23.9 Å². The van der Waals surface area contributed by atoms with E-state index in [0.717, 1.165) is 6.33 Å². The van der Waals surface area contributed by atoms with Crippen molar-refractivity contribution in [2.75, 3.05) is 0 Å². The topological polar surface area (TPSA) is 55.1 Å². The van der Waals surface area contributed by atoms with Crippen molar-refractivity contribution in [1.82, 2.24) is 9.55 Å². The molecule has 0 fully saturated rings. The van der Waals surface area contributed by atoms with Crippen LogP contribution in [0.4, 0.5) is 13.2 Å². The maximum absolute atomic E-state index is 12.5. The molecule has 0 bridgehead atoms. The highest BCUT2D eigenvalue weighted by atomic mass is 19.4. The fraction of sp³-hybridized carbons (Fsp3) is 0.556. The van der Waals surface area contributed by atoms with Crippen LogP contribution in [0.3, 0.4) is 0 Å². The molecule has 88 valence electrons. The van der Waals surface area contributed by atoms with E-state index in [1.807, 2.05) is 0 Å². The van der Waals surface area contributed by atoms with E-state index in [0.29, 0.717) is 0 Å². The van der Waals surface area contributed by atoms with Crippen LogP contribution < -0.4 is 0 Å². The second-order valence-corrected chi connectivity index (χ2v) is 3.76. The Bertz CT molecular complexity index is 425. The van der Waals surface area contributed by atoms with Crippen LogP contribution in [0, 0.1) is 5.92 Å². The molecule has 7 heteroatoms. The van der Waals surface area contributed by atoms with Gasteiger partial charge in [-0.3, -0.25) is 4.79 Å². The molecule has 0 saturated heterocycles. The van der Waals surface area contributed by atoms with Gasteiger partial charge in [0.25, 0.3) is 0 Å². The molecule has 0 aliphatic carbocycles. The molecule has 0 radical (unpaired) electrons. The SMILES string of the molecule is O=C(O)C1CCc2c(C(F)(F)F)ncn2C1. The summed E-state index contributed by atoms with van der Waals surface area (Å²) < 4.78 is 38.7. The van der Waals surface area contributed by atoms with Gasteiger partial charge in [-0.05, 0) is 12.8 Å². The summed E-state index contributed by atoms with van der Waals surface area (Å²) in [5.41, 5.74) is -0.804. The fourth-order valence-corrected chi connectivity index (χ4v) is 1.91. The standard InChI is InChI=1S/C9H9F3N2O2/c10-9(11,12)7-6-2-1-5(8(15)16)3-14(6)4-13-7/h4-5H,1-3H2,(H,15,16). The number of carboxylic acid groups (broad SMARTS) is 1. The van der Waals surface area contributed by atoms with Gasteiger partial charge in [-0.15, -0.1) is 0 Å². The van der Waals surface area contributed by atoms with Gasteiger partial charge in [-0.2, -0.15) is 13.2 Å². The number of nitrogens with zero attached hydrogens (tertiary/aromatic N) is 2. The maximum atomic E-state index is 12.5. The van der Waals surface area contributed by atoms with Crippen LogP contribution >= 0.6 is 0 Å². The van der Waals surface area contributed by atoms with Gasteiger partial charge in [0.05, 0.1) is 12.2 Å². The molecule has 4 nitrogen and oxygen atoms in total. The third-order valence-electron chi connectivity index (χ3n) is 2.71. The molecule has 1 N–H and O–H groups in total. The van der Waals surface area contributed by atoms with Crippen LogP contribution in [0.1, 0.15) is 17.8 Å². The van der Waals surface area contributed by atoms with Gasteiger partial charge in [-0.1, -0.05) is 0 Å². The highest BCUT2D eigenvalue weighted by molar-refractivity contribution is 5.70. The third-order valence-corrected chi connectivity index (χ3v) is 2.71. The van der Waals surface area contributed by atoms with Gasteiger partial charge in [0, 0.05) is 12.2 Å². The van der Waals surface area contributed by atoms with E-state index >= 15 is 0 Å².